The lowest BCUT2D eigenvalue weighted by Crippen LogP contribution is -2.22. The summed E-state index contributed by atoms with van der Waals surface area (Å²) in [6.45, 7) is 3.95. The van der Waals surface area contributed by atoms with Gasteiger partial charge in [-0.2, -0.15) is 0 Å². The first-order chi connectivity index (χ1) is 14.0. The van der Waals surface area contributed by atoms with Gasteiger partial charge in [-0.15, -0.1) is 0 Å². The third-order valence-electron chi connectivity index (χ3n) is 4.55. The zero-order chi connectivity index (χ0) is 20.4. The Balaban J connectivity index is 1.86. The summed E-state index contributed by atoms with van der Waals surface area (Å²) in [6.07, 6.45) is 3.25. The molecule has 4 rings (SSSR count). The Morgan fingerprint density at radius 1 is 1.07 bits per heavy atom. The highest BCUT2D eigenvalue weighted by Gasteiger charge is 2.13. The molecular formula is C23H19ClN4O. The molecule has 1 N–H and O–H groups in total. The van der Waals surface area contributed by atoms with Crippen LogP contribution in [0, 0.1) is 13.8 Å². The van der Waals surface area contributed by atoms with Crippen molar-refractivity contribution in [2.24, 2.45) is 4.99 Å². The maximum atomic E-state index is 13.2. The maximum absolute atomic E-state index is 13.2. The SMILES string of the molecule is Cc1ccc(Nc2nc3c(C)cccn3c(=O)c2C=Nc2cccc(Cl)c2)cc1. The molecule has 29 heavy (non-hydrogen) atoms. The number of hydrogen-bond donors (Lipinski definition) is 1. The molecular weight excluding hydrogens is 384 g/mol. The van der Waals surface area contributed by atoms with Gasteiger partial charge in [-0.05, 0) is 55.8 Å². The number of nitrogens with one attached hydrogen (secondary N) is 1. The molecule has 2 aromatic carbocycles. The Morgan fingerprint density at radius 2 is 1.86 bits per heavy atom. The number of nitrogens with zero attached hydrogens (tertiary/aromatic N) is 3. The number of benzene rings is 2. The summed E-state index contributed by atoms with van der Waals surface area (Å²) in [5.41, 5.74) is 4.35. The average Bonchev–Trinajstić information content (AvgIpc) is 2.70. The number of anilines is 2. The van der Waals surface area contributed by atoms with Gasteiger partial charge < -0.3 is 5.32 Å². The van der Waals surface area contributed by atoms with E-state index in [0.717, 1.165) is 16.8 Å². The zero-order valence-electron chi connectivity index (χ0n) is 16.1. The minimum atomic E-state index is -0.195. The first-order valence-corrected chi connectivity index (χ1v) is 9.54. The van der Waals surface area contributed by atoms with Crippen molar-refractivity contribution in [3.05, 3.63) is 98.9 Å². The number of pyridine rings is 1. The number of aryl methyl sites for hydroxylation is 2. The molecule has 5 nitrogen and oxygen atoms in total. The fourth-order valence-electron chi connectivity index (χ4n) is 2.99. The number of aromatic nitrogens is 2. The fourth-order valence-corrected chi connectivity index (χ4v) is 3.18. The van der Waals surface area contributed by atoms with E-state index in [1.54, 1.807) is 18.3 Å². The number of hydrogen-bond acceptors (Lipinski definition) is 4. The van der Waals surface area contributed by atoms with E-state index >= 15 is 0 Å². The molecule has 0 aliphatic heterocycles. The Hall–Kier alpha value is -3.44. The highest BCUT2D eigenvalue weighted by molar-refractivity contribution is 6.30. The van der Waals surface area contributed by atoms with Gasteiger partial charge in [-0.3, -0.25) is 14.2 Å². The summed E-state index contributed by atoms with van der Waals surface area (Å²) in [7, 11) is 0. The summed E-state index contributed by atoms with van der Waals surface area (Å²) >= 11 is 6.04. The second kappa shape index (κ2) is 7.89. The molecule has 0 saturated heterocycles. The summed E-state index contributed by atoms with van der Waals surface area (Å²) in [5, 5.41) is 3.85. The number of aliphatic imine (C=N–C) groups is 1. The molecule has 0 bridgehead atoms. The number of halogens is 1. The summed E-state index contributed by atoms with van der Waals surface area (Å²) in [6, 6.07) is 18.8. The normalized spacial score (nSPS) is 11.3. The van der Waals surface area contributed by atoms with E-state index in [1.807, 2.05) is 62.4 Å². The van der Waals surface area contributed by atoms with Crippen LogP contribution in [0.2, 0.25) is 5.02 Å². The fraction of sp³-hybridized carbons (Fsp3) is 0.0870. The molecule has 4 aromatic rings. The standard InChI is InChI=1S/C23H19ClN4O/c1-15-8-10-18(11-9-15)26-21-20(14-25-19-7-3-6-17(24)13-19)23(29)28-12-4-5-16(2)22(28)27-21/h3-14,26H,1-2H3. The van der Waals surface area contributed by atoms with Crippen LogP contribution < -0.4 is 10.9 Å². The Bertz CT molecular complexity index is 1280. The number of fused-ring (bicyclic) bond motifs is 1. The van der Waals surface area contributed by atoms with Crippen LogP contribution in [0.15, 0.2) is 76.6 Å². The minimum Gasteiger partial charge on any atom is -0.339 e. The Morgan fingerprint density at radius 3 is 2.62 bits per heavy atom. The van der Waals surface area contributed by atoms with Gasteiger partial charge in [0.1, 0.15) is 17.0 Å². The summed E-state index contributed by atoms with van der Waals surface area (Å²) in [4.78, 5) is 22.4. The van der Waals surface area contributed by atoms with Crippen molar-refractivity contribution >= 4 is 40.7 Å². The molecule has 0 radical (unpaired) electrons. The highest BCUT2D eigenvalue weighted by Crippen LogP contribution is 2.21. The Labute approximate surface area is 173 Å². The van der Waals surface area contributed by atoms with Gasteiger partial charge in [0, 0.05) is 23.1 Å². The largest absolute Gasteiger partial charge is 0.339 e. The molecule has 0 aliphatic rings. The van der Waals surface area contributed by atoms with Crippen LogP contribution in [-0.2, 0) is 0 Å². The van der Waals surface area contributed by atoms with Crippen molar-refractivity contribution in [2.75, 3.05) is 5.32 Å². The van der Waals surface area contributed by atoms with Crippen molar-refractivity contribution < 1.29 is 0 Å². The van der Waals surface area contributed by atoms with Gasteiger partial charge >= 0.3 is 0 Å². The average molecular weight is 403 g/mol. The molecule has 2 heterocycles. The highest BCUT2D eigenvalue weighted by atomic mass is 35.5. The van der Waals surface area contributed by atoms with Gasteiger partial charge in [0.05, 0.1) is 5.69 Å². The van der Waals surface area contributed by atoms with Crippen LogP contribution in [0.3, 0.4) is 0 Å². The first kappa shape index (κ1) is 18.9. The lowest BCUT2D eigenvalue weighted by Gasteiger charge is -2.12. The summed E-state index contributed by atoms with van der Waals surface area (Å²) in [5.74, 6) is 0.457. The monoisotopic (exact) mass is 402 g/mol. The molecule has 0 aliphatic carbocycles. The van der Waals surface area contributed by atoms with Crippen LogP contribution in [0.4, 0.5) is 17.2 Å². The first-order valence-electron chi connectivity index (χ1n) is 9.16. The van der Waals surface area contributed by atoms with E-state index in [2.05, 4.69) is 10.3 Å². The van der Waals surface area contributed by atoms with Crippen molar-refractivity contribution in [2.45, 2.75) is 13.8 Å². The van der Waals surface area contributed by atoms with E-state index in [-0.39, 0.29) is 5.56 Å². The van der Waals surface area contributed by atoms with Crippen LogP contribution in [-0.4, -0.2) is 15.6 Å². The van der Waals surface area contributed by atoms with E-state index in [4.69, 9.17) is 16.6 Å². The van der Waals surface area contributed by atoms with E-state index in [9.17, 15) is 4.79 Å². The lowest BCUT2D eigenvalue weighted by atomic mass is 10.2. The van der Waals surface area contributed by atoms with Crippen molar-refractivity contribution in [3.63, 3.8) is 0 Å². The van der Waals surface area contributed by atoms with E-state index in [0.29, 0.717) is 27.7 Å². The molecule has 0 amide bonds. The van der Waals surface area contributed by atoms with Crippen LogP contribution in [0.1, 0.15) is 16.7 Å². The molecule has 0 spiro atoms. The van der Waals surface area contributed by atoms with Crippen molar-refractivity contribution in [3.8, 4) is 0 Å². The van der Waals surface area contributed by atoms with Crippen LogP contribution in [0.5, 0.6) is 0 Å². The van der Waals surface area contributed by atoms with Crippen LogP contribution in [0.25, 0.3) is 5.65 Å². The molecule has 0 fully saturated rings. The third kappa shape index (κ3) is 4.05. The molecule has 0 saturated carbocycles. The van der Waals surface area contributed by atoms with E-state index in [1.165, 1.54) is 10.6 Å². The molecule has 144 valence electrons. The predicted molar refractivity (Wildman–Crippen MR) is 119 cm³/mol. The zero-order valence-corrected chi connectivity index (χ0v) is 16.8. The van der Waals surface area contributed by atoms with Gasteiger partial charge in [-0.25, -0.2) is 4.98 Å². The Kier molecular flexibility index (Phi) is 5.14. The van der Waals surface area contributed by atoms with Crippen LogP contribution >= 0.6 is 11.6 Å². The molecule has 0 atom stereocenters. The molecule has 2 aromatic heterocycles. The lowest BCUT2D eigenvalue weighted by molar-refractivity contribution is 1.03. The molecule has 0 unspecified atom stereocenters. The van der Waals surface area contributed by atoms with Gasteiger partial charge in [0.25, 0.3) is 5.56 Å². The topological polar surface area (TPSA) is 58.8 Å². The predicted octanol–water partition coefficient (Wildman–Crippen LogP) is 5.46. The molecule has 6 heteroatoms. The van der Waals surface area contributed by atoms with Crippen molar-refractivity contribution in [1.82, 2.24) is 9.38 Å². The smallest absolute Gasteiger partial charge is 0.268 e. The van der Waals surface area contributed by atoms with Crippen molar-refractivity contribution in [1.29, 1.82) is 0 Å². The minimum absolute atomic E-state index is 0.195. The van der Waals surface area contributed by atoms with E-state index < -0.39 is 0 Å². The third-order valence-corrected chi connectivity index (χ3v) is 4.78. The second-order valence-electron chi connectivity index (χ2n) is 6.79. The van der Waals surface area contributed by atoms with Gasteiger partial charge in [0.15, 0.2) is 0 Å². The number of rotatable bonds is 4. The maximum Gasteiger partial charge on any atom is 0.268 e. The summed E-state index contributed by atoms with van der Waals surface area (Å²) < 4.78 is 1.54. The second-order valence-corrected chi connectivity index (χ2v) is 7.23. The van der Waals surface area contributed by atoms with Gasteiger partial charge in [-0.1, -0.05) is 41.4 Å². The van der Waals surface area contributed by atoms with Gasteiger partial charge in [0.2, 0.25) is 0 Å². The quantitative estimate of drug-likeness (QED) is 0.461.